The zero-order valence-corrected chi connectivity index (χ0v) is 12.3. The predicted octanol–water partition coefficient (Wildman–Crippen LogP) is 3.53. The van der Waals surface area contributed by atoms with Gasteiger partial charge in [0.2, 0.25) is 0 Å². The molecular weight excluding hydrogens is 238 g/mol. The molecule has 2 aliphatic rings. The summed E-state index contributed by atoms with van der Waals surface area (Å²) >= 11 is 0. The van der Waals surface area contributed by atoms with E-state index in [9.17, 15) is 9.90 Å². The van der Waals surface area contributed by atoms with E-state index in [4.69, 9.17) is 0 Å². The molecule has 1 aliphatic carbocycles. The number of likely N-dealkylation sites (tertiary alicyclic amines) is 1. The Hall–Kier alpha value is -0.570. The van der Waals surface area contributed by atoms with Gasteiger partial charge < -0.3 is 5.11 Å². The van der Waals surface area contributed by atoms with Crippen LogP contribution < -0.4 is 0 Å². The largest absolute Gasteiger partial charge is 0.480 e. The number of nitrogens with zero attached hydrogens (tertiary/aromatic N) is 1. The number of rotatable bonds is 5. The Balaban J connectivity index is 1.79. The Labute approximate surface area is 117 Å². The van der Waals surface area contributed by atoms with Gasteiger partial charge in [-0.1, -0.05) is 39.0 Å². The minimum absolute atomic E-state index is 0.206. The highest BCUT2D eigenvalue weighted by molar-refractivity contribution is 5.73. The minimum Gasteiger partial charge on any atom is -0.480 e. The fraction of sp³-hybridized carbons (Fsp3) is 0.938. The highest BCUT2D eigenvalue weighted by atomic mass is 16.4. The van der Waals surface area contributed by atoms with Crippen LogP contribution in [0.25, 0.3) is 0 Å². The van der Waals surface area contributed by atoms with E-state index in [0.717, 1.165) is 37.8 Å². The average Bonchev–Trinajstić information content (AvgIpc) is 2.42. The average molecular weight is 267 g/mol. The van der Waals surface area contributed by atoms with Crippen LogP contribution >= 0.6 is 0 Å². The zero-order chi connectivity index (χ0) is 13.7. The van der Waals surface area contributed by atoms with Crippen molar-refractivity contribution in [3.63, 3.8) is 0 Å². The minimum atomic E-state index is -0.612. The Morgan fingerprint density at radius 3 is 2.42 bits per heavy atom. The maximum Gasteiger partial charge on any atom is 0.320 e. The number of carboxylic acids is 1. The lowest BCUT2D eigenvalue weighted by Gasteiger charge is -2.37. The monoisotopic (exact) mass is 267 g/mol. The first-order valence-electron chi connectivity index (χ1n) is 8.17. The van der Waals surface area contributed by atoms with Crippen LogP contribution in [-0.2, 0) is 4.79 Å². The molecule has 2 rings (SSSR count). The van der Waals surface area contributed by atoms with E-state index in [1.165, 1.54) is 44.9 Å². The summed E-state index contributed by atoms with van der Waals surface area (Å²) in [5.41, 5.74) is 0. The van der Waals surface area contributed by atoms with Crippen LogP contribution in [0.4, 0.5) is 0 Å². The Kier molecular flexibility index (Phi) is 5.68. The fourth-order valence-electron chi connectivity index (χ4n) is 3.93. The quantitative estimate of drug-likeness (QED) is 0.828. The van der Waals surface area contributed by atoms with E-state index in [0.29, 0.717) is 0 Å². The number of hydrogen-bond acceptors (Lipinski definition) is 2. The molecule has 0 aromatic carbocycles. The Morgan fingerprint density at radius 2 is 1.79 bits per heavy atom. The molecule has 3 heteroatoms. The number of piperidine rings is 1. The molecular formula is C16H29NO2. The molecule has 0 spiro atoms. The number of aliphatic carboxylic acids is 1. The maximum atomic E-state index is 11.3. The molecule has 1 unspecified atom stereocenters. The standard InChI is InChI=1S/C16H29NO2/c1-2-5-13-7-9-14(10-8-13)12-17-11-4-3-6-15(17)16(18)19/h13-15H,2-12H2,1H3,(H,18,19). The highest BCUT2D eigenvalue weighted by Gasteiger charge is 2.31. The second-order valence-electron chi connectivity index (χ2n) is 6.52. The smallest absolute Gasteiger partial charge is 0.320 e. The van der Waals surface area contributed by atoms with Gasteiger partial charge in [-0.25, -0.2) is 0 Å². The maximum absolute atomic E-state index is 11.3. The van der Waals surface area contributed by atoms with Gasteiger partial charge in [0.05, 0.1) is 0 Å². The molecule has 0 radical (unpaired) electrons. The van der Waals surface area contributed by atoms with Gasteiger partial charge in [0.1, 0.15) is 6.04 Å². The summed E-state index contributed by atoms with van der Waals surface area (Å²) in [4.78, 5) is 13.5. The van der Waals surface area contributed by atoms with Crippen molar-refractivity contribution in [2.75, 3.05) is 13.1 Å². The normalized spacial score (nSPS) is 33.2. The topological polar surface area (TPSA) is 40.5 Å². The molecule has 0 aromatic heterocycles. The SMILES string of the molecule is CCCC1CCC(CN2CCCCC2C(=O)O)CC1. The lowest BCUT2D eigenvalue weighted by atomic mass is 9.79. The third kappa shape index (κ3) is 4.20. The first kappa shape index (κ1) is 14.8. The van der Waals surface area contributed by atoms with Gasteiger partial charge in [-0.2, -0.15) is 0 Å². The van der Waals surface area contributed by atoms with Crippen LogP contribution in [0.1, 0.15) is 64.7 Å². The van der Waals surface area contributed by atoms with Crippen LogP contribution in [0.2, 0.25) is 0 Å². The molecule has 0 bridgehead atoms. The molecule has 110 valence electrons. The van der Waals surface area contributed by atoms with Crippen LogP contribution in [0, 0.1) is 11.8 Å². The molecule has 0 aromatic rings. The van der Waals surface area contributed by atoms with Gasteiger partial charge in [-0.05, 0) is 44.1 Å². The van der Waals surface area contributed by atoms with Crippen molar-refractivity contribution >= 4 is 5.97 Å². The van der Waals surface area contributed by atoms with Crippen LogP contribution in [-0.4, -0.2) is 35.1 Å². The first-order valence-corrected chi connectivity index (χ1v) is 8.17. The van der Waals surface area contributed by atoms with E-state index in [-0.39, 0.29) is 6.04 Å². The van der Waals surface area contributed by atoms with E-state index in [1.54, 1.807) is 0 Å². The lowest BCUT2D eigenvalue weighted by molar-refractivity contribution is -0.145. The number of hydrogen-bond donors (Lipinski definition) is 1. The van der Waals surface area contributed by atoms with E-state index >= 15 is 0 Å². The highest BCUT2D eigenvalue weighted by Crippen LogP contribution is 2.33. The molecule has 1 aliphatic heterocycles. The van der Waals surface area contributed by atoms with Gasteiger partial charge in [0, 0.05) is 6.54 Å². The van der Waals surface area contributed by atoms with E-state index in [1.807, 2.05) is 0 Å². The van der Waals surface area contributed by atoms with Crippen molar-refractivity contribution in [3.8, 4) is 0 Å². The van der Waals surface area contributed by atoms with Crippen molar-refractivity contribution in [3.05, 3.63) is 0 Å². The summed E-state index contributed by atoms with van der Waals surface area (Å²) < 4.78 is 0. The molecule has 19 heavy (non-hydrogen) atoms. The number of carbonyl (C=O) groups is 1. The van der Waals surface area contributed by atoms with Gasteiger partial charge in [0.15, 0.2) is 0 Å². The summed E-state index contributed by atoms with van der Waals surface area (Å²) in [7, 11) is 0. The number of carboxylic acid groups (broad SMARTS) is 1. The second-order valence-corrected chi connectivity index (χ2v) is 6.52. The van der Waals surface area contributed by atoms with E-state index in [2.05, 4.69) is 11.8 Å². The van der Waals surface area contributed by atoms with Gasteiger partial charge in [-0.3, -0.25) is 9.69 Å². The van der Waals surface area contributed by atoms with Gasteiger partial charge in [0.25, 0.3) is 0 Å². The zero-order valence-electron chi connectivity index (χ0n) is 12.3. The summed E-state index contributed by atoms with van der Waals surface area (Å²) in [5, 5.41) is 9.31. The predicted molar refractivity (Wildman–Crippen MR) is 77.2 cm³/mol. The summed E-state index contributed by atoms with van der Waals surface area (Å²) in [5.74, 6) is 1.07. The fourth-order valence-corrected chi connectivity index (χ4v) is 3.93. The molecule has 0 amide bonds. The van der Waals surface area contributed by atoms with Gasteiger partial charge in [-0.15, -0.1) is 0 Å². The molecule has 2 fully saturated rings. The van der Waals surface area contributed by atoms with Crippen LogP contribution in [0.5, 0.6) is 0 Å². The van der Waals surface area contributed by atoms with Crippen molar-refractivity contribution in [2.45, 2.75) is 70.8 Å². The molecule has 1 saturated heterocycles. The van der Waals surface area contributed by atoms with E-state index < -0.39 is 5.97 Å². The molecule has 1 saturated carbocycles. The molecule has 3 nitrogen and oxygen atoms in total. The van der Waals surface area contributed by atoms with Crippen LogP contribution in [0.3, 0.4) is 0 Å². The lowest BCUT2D eigenvalue weighted by Crippen LogP contribution is -2.47. The third-order valence-corrected chi connectivity index (χ3v) is 5.05. The second kappa shape index (κ2) is 7.28. The molecule has 1 atom stereocenters. The Morgan fingerprint density at radius 1 is 1.11 bits per heavy atom. The van der Waals surface area contributed by atoms with Crippen LogP contribution in [0.15, 0.2) is 0 Å². The first-order chi connectivity index (χ1) is 9.20. The van der Waals surface area contributed by atoms with Gasteiger partial charge >= 0.3 is 5.97 Å². The third-order valence-electron chi connectivity index (χ3n) is 5.05. The summed E-state index contributed by atoms with van der Waals surface area (Å²) in [6, 6.07) is -0.206. The van der Waals surface area contributed by atoms with Crippen molar-refractivity contribution in [2.24, 2.45) is 11.8 Å². The molecule has 1 heterocycles. The van der Waals surface area contributed by atoms with Crippen molar-refractivity contribution in [1.82, 2.24) is 4.90 Å². The van der Waals surface area contributed by atoms with Crippen molar-refractivity contribution in [1.29, 1.82) is 0 Å². The molecule has 1 N–H and O–H groups in total. The Bertz CT molecular complexity index is 284. The summed E-state index contributed by atoms with van der Waals surface area (Å²) in [6.45, 7) is 4.29. The summed E-state index contributed by atoms with van der Waals surface area (Å²) in [6.07, 6.45) is 11.2. The van der Waals surface area contributed by atoms with Crippen molar-refractivity contribution < 1.29 is 9.90 Å².